The third-order valence-corrected chi connectivity index (χ3v) is 5.48. The van der Waals surface area contributed by atoms with Crippen LogP contribution in [-0.2, 0) is 20.0 Å². The van der Waals surface area contributed by atoms with Crippen molar-refractivity contribution in [2.75, 3.05) is 3.71 Å². The molecule has 13 heteroatoms. The topological polar surface area (TPSA) is 84.4 Å². The van der Waals surface area contributed by atoms with Gasteiger partial charge in [-0.05, 0) is 12.1 Å². The Morgan fingerprint density at radius 3 is 1.75 bits per heavy atom. The fraction of sp³-hybridized carbons (Fsp3) is 0.286. The maximum Gasteiger partial charge on any atom is 0.356 e. The summed E-state index contributed by atoms with van der Waals surface area (Å²) in [7, 11) is -11.8. The van der Waals surface area contributed by atoms with Crippen molar-refractivity contribution in [1.29, 1.82) is 0 Å². The highest BCUT2D eigenvalue weighted by molar-refractivity contribution is 8.10. The number of pyridine rings is 1. The van der Waals surface area contributed by atoms with Gasteiger partial charge in [-0.15, -0.1) is 3.71 Å². The van der Waals surface area contributed by atoms with E-state index in [0.29, 0.717) is 12.3 Å². The summed E-state index contributed by atoms with van der Waals surface area (Å²) in [6, 6.07) is 1.50. The van der Waals surface area contributed by atoms with Crippen molar-refractivity contribution in [3.63, 3.8) is 0 Å². The molecule has 0 saturated heterocycles. The fourth-order valence-corrected chi connectivity index (χ4v) is 3.71. The number of alkyl halides is 4. The molecule has 114 valence electrons. The van der Waals surface area contributed by atoms with Gasteiger partial charge in [0.2, 0.25) is 0 Å². The summed E-state index contributed by atoms with van der Waals surface area (Å²) in [4.78, 5) is 3.14. The van der Waals surface area contributed by atoms with Crippen LogP contribution in [0, 0.1) is 0 Å². The Morgan fingerprint density at radius 1 is 1.00 bits per heavy atom. The fourth-order valence-electron chi connectivity index (χ4n) is 1.03. The number of hydrogen-bond acceptors (Lipinski definition) is 5. The molecule has 6 nitrogen and oxygen atoms in total. The Bertz CT molecular complexity index is 639. The Labute approximate surface area is 116 Å². The van der Waals surface area contributed by atoms with E-state index in [-0.39, 0.29) is 5.02 Å². The first kappa shape index (κ1) is 16.9. The molecular formula is C7H5ClF4N2O4S2. The van der Waals surface area contributed by atoms with Crippen LogP contribution in [-0.4, -0.2) is 33.3 Å². The molecule has 20 heavy (non-hydrogen) atoms. The molecule has 0 unspecified atom stereocenters. The molecule has 0 amide bonds. The first-order chi connectivity index (χ1) is 9.01. The van der Waals surface area contributed by atoms with Crippen molar-refractivity contribution in [2.24, 2.45) is 0 Å². The molecule has 0 spiro atoms. The van der Waals surface area contributed by atoms with Gasteiger partial charge in [0, 0.05) is 6.20 Å². The zero-order valence-electron chi connectivity index (χ0n) is 9.12. The quantitative estimate of drug-likeness (QED) is 0.749. The molecule has 0 N–H and O–H groups in total. The highest BCUT2D eigenvalue weighted by atomic mass is 35.5. The second kappa shape index (κ2) is 5.69. The first-order valence-electron chi connectivity index (χ1n) is 4.47. The van der Waals surface area contributed by atoms with Crippen LogP contribution in [0.25, 0.3) is 0 Å². The second-order valence-corrected chi connectivity index (χ2v) is 7.31. The number of hydrogen-bond donors (Lipinski definition) is 0. The number of aromatic nitrogens is 1. The van der Waals surface area contributed by atoms with Crippen molar-refractivity contribution in [3.8, 4) is 0 Å². The lowest BCUT2D eigenvalue weighted by Gasteiger charge is -2.21. The molecule has 0 fully saturated rings. The Morgan fingerprint density at radius 2 is 1.45 bits per heavy atom. The van der Waals surface area contributed by atoms with Gasteiger partial charge in [-0.25, -0.2) is 4.98 Å². The van der Waals surface area contributed by atoms with Gasteiger partial charge >= 0.3 is 31.6 Å². The van der Waals surface area contributed by atoms with Crippen molar-refractivity contribution in [3.05, 3.63) is 23.4 Å². The highest BCUT2D eigenvalue weighted by Crippen LogP contribution is 2.27. The van der Waals surface area contributed by atoms with Crippen LogP contribution in [0.3, 0.4) is 0 Å². The second-order valence-electron chi connectivity index (χ2n) is 3.14. The Kier molecular flexibility index (Phi) is 4.82. The number of sulfonamides is 2. The summed E-state index contributed by atoms with van der Waals surface area (Å²) in [5.74, 6) is -9.60. The number of nitrogens with zero attached hydrogens (tertiary/aromatic N) is 2. The molecule has 0 aliphatic rings. The van der Waals surface area contributed by atoms with E-state index in [4.69, 9.17) is 11.6 Å². The van der Waals surface area contributed by atoms with Crippen LogP contribution in [0.2, 0.25) is 5.02 Å². The summed E-state index contributed by atoms with van der Waals surface area (Å²) in [6.07, 6.45) is 0.714. The van der Waals surface area contributed by atoms with E-state index in [1.807, 2.05) is 0 Å². The van der Waals surface area contributed by atoms with Crippen LogP contribution in [0.1, 0.15) is 0 Å². The SMILES string of the molecule is O=S(=O)(C(F)F)N(c1ccc(Cl)cn1)S(=O)(=O)C(F)F. The van der Waals surface area contributed by atoms with Crippen molar-refractivity contribution in [1.82, 2.24) is 4.98 Å². The van der Waals surface area contributed by atoms with Crippen LogP contribution in [0.4, 0.5) is 23.4 Å². The van der Waals surface area contributed by atoms with Crippen LogP contribution >= 0.6 is 11.6 Å². The average Bonchev–Trinajstić information content (AvgIpc) is 2.31. The van der Waals surface area contributed by atoms with E-state index in [2.05, 4.69) is 4.98 Å². The predicted octanol–water partition coefficient (Wildman–Crippen LogP) is 1.65. The van der Waals surface area contributed by atoms with Gasteiger partial charge in [-0.1, -0.05) is 11.6 Å². The van der Waals surface area contributed by atoms with Crippen molar-refractivity contribution < 1.29 is 34.4 Å². The summed E-state index contributed by atoms with van der Waals surface area (Å²) < 4.78 is 93.6. The minimum atomic E-state index is -5.88. The molecule has 0 atom stereocenters. The maximum atomic E-state index is 12.4. The summed E-state index contributed by atoms with van der Waals surface area (Å²) in [6.45, 7) is 0. The number of rotatable bonds is 5. The van der Waals surface area contributed by atoms with Crippen LogP contribution < -0.4 is 3.71 Å². The van der Waals surface area contributed by atoms with E-state index >= 15 is 0 Å². The number of halogens is 5. The van der Waals surface area contributed by atoms with Gasteiger partial charge in [-0.3, -0.25) is 0 Å². The summed E-state index contributed by atoms with van der Waals surface area (Å²) in [5, 5.41) is -0.0856. The standard InChI is InChI=1S/C7H5ClF4N2O4S2/c8-4-1-2-5(13-3-4)14(19(15,16)6(9)10)20(17,18)7(11)12/h1-3,6-7H. The summed E-state index contributed by atoms with van der Waals surface area (Å²) >= 11 is 5.39. The van der Waals surface area contributed by atoms with E-state index in [9.17, 15) is 34.4 Å². The van der Waals surface area contributed by atoms with Crippen molar-refractivity contribution in [2.45, 2.75) is 11.5 Å². The van der Waals surface area contributed by atoms with E-state index in [1.165, 1.54) is 0 Å². The lowest BCUT2D eigenvalue weighted by Crippen LogP contribution is -2.43. The van der Waals surface area contributed by atoms with Gasteiger partial charge in [-0.2, -0.15) is 34.4 Å². The van der Waals surface area contributed by atoms with Crippen molar-refractivity contribution >= 4 is 37.5 Å². The lowest BCUT2D eigenvalue weighted by molar-refractivity contribution is 0.230. The van der Waals surface area contributed by atoms with Gasteiger partial charge in [0.15, 0.2) is 5.82 Å². The molecule has 0 aromatic carbocycles. The Hall–Kier alpha value is -1.14. The van der Waals surface area contributed by atoms with Gasteiger partial charge in [0.05, 0.1) is 5.02 Å². The summed E-state index contributed by atoms with van der Waals surface area (Å²) in [5.41, 5.74) is 0. The highest BCUT2D eigenvalue weighted by Gasteiger charge is 2.46. The first-order valence-corrected chi connectivity index (χ1v) is 7.85. The number of anilines is 1. The molecule has 0 bridgehead atoms. The zero-order valence-corrected chi connectivity index (χ0v) is 11.5. The minimum Gasteiger partial charge on any atom is -0.236 e. The molecule has 0 aliphatic heterocycles. The smallest absolute Gasteiger partial charge is 0.236 e. The molecular weight excluding hydrogens is 352 g/mol. The molecule has 0 aliphatic carbocycles. The van der Waals surface area contributed by atoms with Crippen LogP contribution in [0.15, 0.2) is 18.3 Å². The molecule has 1 aromatic heterocycles. The van der Waals surface area contributed by atoms with Gasteiger partial charge in [0.25, 0.3) is 0 Å². The van der Waals surface area contributed by atoms with Gasteiger partial charge in [0.1, 0.15) is 0 Å². The minimum absolute atomic E-state index is 0.0856. The average molecular weight is 357 g/mol. The normalized spacial score (nSPS) is 12.9. The van der Waals surface area contributed by atoms with Crippen LogP contribution in [0.5, 0.6) is 0 Å². The third kappa shape index (κ3) is 3.12. The third-order valence-electron chi connectivity index (χ3n) is 1.81. The molecule has 0 saturated carbocycles. The molecule has 1 aromatic rings. The van der Waals surface area contributed by atoms with Gasteiger partial charge < -0.3 is 0 Å². The monoisotopic (exact) mass is 356 g/mol. The van der Waals surface area contributed by atoms with E-state index in [0.717, 1.165) is 6.07 Å². The zero-order chi connectivity index (χ0) is 15.7. The molecule has 1 rings (SSSR count). The van der Waals surface area contributed by atoms with E-state index < -0.39 is 41.1 Å². The molecule has 0 radical (unpaired) electrons. The Balaban J connectivity index is 3.57. The molecule has 1 heterocycles. The predicted molar refractivity (Wildman–Crippen MR) is 61.6 cm³/mol. The maximum absolute atomic E-state index is 12.4. The largest absolute Gasteiger partial charge is 0.356 e. The lowest BCUT2D eigenvalue weighted by atomic mass is 10.5. The van der Waals surface area contributed by atoms with E-state index in [1.54, 1.807) is 0 Å².